The summed E-state index contributed by atoms with van der Waals surface area (Å²) >= 11 is 1.50. The van der Waals surface area contributed by atoms with Crippen LogP contribution in [0.15, 0.2) is 91.0 Å². The Labute approximate surface area is 281 Å². The quantitative estimate of drug-likeness (QED) is 0.193. The lowest BCUT2D eigenvalue weighted by Crippen LogP contribution is -2.50. The molecule has 2 saturated heterocycles. The first kappa shape index (κ1) is 35.5. The van der Waals surface area contributed by atoms with Crippen LogP contribution in [0.3, 0.4) is 0 Å². The van der Waals surface area contributed by atoms with Crippen LogP contribution in [0.2, 0.25) is 0 Å². The number of carbonyl (C=O) groups is 1. The van der Waals surface area contributed by atoms with Crippen LogP contribution in [0.25, 0.3) is 0 Å². The molecule has 3 aromatic rings. The Kier molecular flexibility index (Phi) is 13.7. The van der Waals surface area contributed by atoms with Gasteiger partial charge >= 0.3 is 5.97 Å². The minimum atomic E-state index is -0.872. The fourth-order valence-electron chi connectivity index (χ4n) is 5.62. The van der Waals surface area contributed by atoms with E-state index in [0.29, 0.717) is 32.8 Å². The van der Waals surface area contributed by atoms with Gasteiger partial charge in [0.05, 0.1) is 32.5 Å². The maximum Gasteiger partial charge on any atom is 0.302 e. The van der Waals surface area contributed by atoms with Gasteiger partial charge in [0.1, 0.15) is 42.6 Å². The zero-order valence-corrected chi connectivity index (χ0v) is 28.0. The molecule has 2 aliphatic heterocycles. The SMILES string of the molecule is CC(=O)OC[C@H]1O[C@H](OC(C)C)[C@H](O)C[C@H]1S[C@H]1O[C@H](COCc2ccccc2)[C@@H](OCc2ccccc2)[C@@H]1OCc1ccccc1. The minimum absolute atomic E-state index is 0.0253. The van der Waals surface area contributed by atoms with E-state index >= 15 is 0 Å². The Hall–Kier alpha value is -2.80. The van der Waals surface area contributed by atoms with Crippen molar-refractivity contribution in [1.29, 1.82) is 0 Å². The summed E-state index contributed by atoms with van der Waals surface area (Å²) in [5.41, 5.74) is 2.64. The summed E-state index contributed by atoms with van der Waals surface area (Å²) in [4.78, 5) is 11.8. The van der Waals surface area contributed by atoms with Gasteiger partial charge in [0, 0.05) is 12.2 Å². The summed E-state index contributed by atoms with van der Waals surface area (Å²) < 4.78 is 43.6. The molecule has 5 rings (SSSR count). The van der Waals surface area contributed by atoms with Gasteiger partial charge in [0.2, 0.25) is 0 Å². The third-order valence-electron chi connectivity index (χ3n) is 7.91. The highest BCUT2D eigenvalue weighted by Gasteiger charge is 2.50. The maximum atomic E-state index is 11.8. The van der Waals surface area contributed by atoms with E-state index in [4.69, 9.17) is 33.2 Å². The third-order valence-corrected chi connectivity index (χ3v) is 9.40. The first-order valence-electron chi connectivity index (χ1n) is 16.2. The Morgan fingerprint density at radius 3 is 1.89 bits per heavy atom. The van der Waals surface area contributed by atoms with Crippen molar-refractivity contribution >= 4 is 17.7 Å². The van der Waals surface area contributed by atoms with Crippen LogP contribution in [0.4, 0.5) is 0 Å². The highest BCUT2D eigenvalue weighted by molar-refractivity contribution is 8.00. The average Bonchev–Trinajstić information content (AvgIpc) is 3.39. The van der Waals surface area contributed by atoms with E-state index in [-0.39, 0.29) is 18.0 Å². The normalized spacial score (nSPS) is 27.6. The van der Waals surface area contributed by atoms with E-state index < -0.39 is 48.2 Å². The number of carbonyl (C=O) groups excluding carboxylic acids is 1. The number of hydrogen-bond donors (Lipinski definition) is 1. The van der Waals surface area contributed by atoms with Crippen molar-refractivity contribution in [3.8, 4) is 0 Å². The van der Waals surface area contributed by atoms with Gasteiger partial charge in [-0.25, -0.2) is 0 Å². The van der Waals surface area contributed by atoms with E-state index in [0.717, 1.165) is 16.7 Å². The molecule has 8 atom stereocenters. The van der Waals surface area contributed by atoms with Crippen LogP contribution < -0.4 is 0 Å². The first-order chi connectivity index (χ1) is 22.9. The topological polar surface area (TPSA) is 102 Å². The standard InChI is InChI=1S/C37H46O9S/c1-25(2)44-36-30(39)19-33(31(45-36)24-41-26(3)38)47-37-35(43-22-29-17-11-6-12-18-29)34(42-21-28-15-9-5-10-16-28)32(46-37)23-40-20-27-13-7-4-8-14-27/h4-18,25,30-37,39H,19-24H2,1-3H3/t30-,31-,32-,33-,34-,35+,36+,37-/m1/s1. The molecule has 10 heteroatoms. The van der Waals surface area contributed by atoms with Gasteiger partial charge in [0.15, 0.2) is 6.29 Å². The number of esters is 1. The molecule has 0 aromatic heterocycles. The van der Waals surface area contributed by atoms with Crippen molar-refractivity contribution in [2.24, 2.45) is 0 Å². The average molecular weight is 667 g/mol. The van der Waals surface area contributed by atoms with Crippen LogP contribution in [-0.4, -0.2) is 77.9 Å². The van der Waals surface area contributed by atoms with Crippen molar-refractivity contribution < 1.29 is 43.1 Å². The molecule has 0 bridgehead atoms. The molecule has 2 heterocycles. The predicted octanol–water partition coefficient (Wildman–Crippen LogP) is 5.66. The summed E-state index contributed by atoms with van der Waals surface area (Å²) in [5.74, 6) is -0.406. The lowest BCUT2D eigenvalue weighted by atomic mass is 10.1. The molecular formula is C37H46O9S. The van der Waals surface area contributed by atoms with E-state index in [1.807, 2.05) is 105 Å². The van der Waals surface area contributed by atoms with Crippen molar-refractivity contribution in [1.82, 2.24) is 0 Å². The van der Waals surface area contributed by atoms with E-state index in [9.17, 15) is 9.90 Å². The fourth-order valence-corrected chi connectivity index (χ4v) is 7.18. The molecule has 0 spiro atoms. The summed E-state index contributed by atoms with van der Waals surface area (Å²) in [6, 6.07) is 30.0. The number of aliphatic hydroxyl groups excluding tert-OH is 1. The molecule has 254 valence electrons. The summed E-state index contributed by atoms with van der Waals surface area (Å²) in [7, 11) is 0. The Morgan fingerprint density at radius 1 is 0.787 bits per heavy atom. The second-order valence-electron chi connectivity index (χ2n) is 12.1. The van der Waals surface area contributed by atoms with Crippen LogP contribution in [0.1, 0.15) is 43.9 Å². The Bertz CT molecular complexity index is 1330. The van der Waals surface area contributed by atoms with Gasteiger partial charge in [0.25, 0.3) is 0 Å². The van der Waals surface area contributed by atoms with E-state index in [2.05, 4.69) is 0 Å². The Morgan fingerprint density at radius 2 is 1.34 bits per heavy atom. The van der Waals surface area contributed by atoms with Gasteiger partial charge in [-0.2, -0.15) is 0 Å². The molecule has 9 nitrogen and oxygen atoms in total. The van der Waals surface area contributed by atoms with Gasteiger partial charge < -0.3 is 38.3 Å². The molecule has 3 aromatic carbocycles. The number of thioether (sulfide) groups is 1. The molecule has 0 amide bonds. The van der Waals surface area contributed by atoms with Gasteiger partial charge in [-0.15, -0.1) is 11.8 Å². The number of hydrogen-bond acceptors (Lipinski definition) is 10. The molecule has 0 aliphatic carbocycles. The minimum Gasteiger partial charge on any atom is -0.463 e. The maximum absolute atomic E-state index is 11.8. The molecule has 0 saturated carbocycles. The van der Waals surface area contributed by atoms with Gasteiger partial charge in [-0.1, -0.05) is 91.0 Å². The number of benzene rings is 3. The second kappa shape index (κ2) is 18.1. The molecule has 2 aliphatic rings. The van der Waals surface area contributed by atoms with Crippen LogP contribution in [0.5, 0.6) is 0 Å². The zero-order valence-electron chi connectivity index (χ0n) is 27.2. The highest BCUT2D eigenvalue weighted by atomic mass is 32.2. The zero-order chi connectivity index (χ0) is 33.0. The molecule has 1 N–H and O–H groups in total. The monoisotopic (exact) mass is 666 g/mol. The molecular weight excluding hydrogens is 620 g/mol. The van der Waals surface area contributed by atoms with E-state index in [1.165, 1.54) is 18.7 Å². The van der Waals surface area contributed by atoms with Crippen molar-refractivity contribution in [3.05, 3.63) is 108 Å². The van der Waals surface area contributed by atoms with E-state index in [1.54, 1.807) is 0 Å². The molecule has 0 radical (unpaired) electrons. The fraction of sp³-hybridized carbons (Fsp3) is 0.486. The van der Waals surface area contributed by atoms with Gasteiger partial charge in [-0.3, -0.25) is 4.79 Å². The van der Waals surface area contributed by atoms with Crippen LogP contribution in [-0.2, 0) is 57.8 Å². The largest absolute Gasteiger partial charge is 0.463 e. The Balaban J connectivity index is 1.37. The molecule has 47 heavy (non-hydrogen) atoms. The molecule has 2 fully saturated rings. The number of ether oxygens (including phenoxy) is 7. The second-order valence-corrected chi connectivity index (χ2v) is 13.4. The predicted molar refractivity (Wildman–Crippen MR) is 178 cm³/mol. The summed E-state index contributed by atoms with van der Waals surface area (Å²) in [6.45, 7) is 6.62. The summed E-state index contributed by atoms with van der Waals surface area (Å²) in [5, 5.41) is 10.7. The lowest BCUT2D eigenvalue weighted by molar-refractivity contribution is -0.255. The van der Waals surface area contributed by atoms with Crippen LogP contribution in [0, 0.1) is 0 Å². The number of aliphatic hydroxyl groups is 1. The molecule has 0 unspecified atom stereocenters. The highest BCUT2D eigenvalue weighted by Crippen LogP contribution is 2.41. The number of rotatable bonds is 16. The van der Waals surface area contributed by atoms with Crippen LogP contribution >= 0.6 is 11.8 Å². The van der Waals surface area contributed by atoms with Crippen molar-refractivity contribution in [2.45, 2.75) is 101 Å². The first-order valence-corrected chi connectivity index (χ1v) is 17.2. The van der Waals surface area contributed by atoms with Gasteiger partial charge in [-0.05, 0) is 37.0 Å². The summed E-state index contributed by atoms with van der Waals surface area (Å²) in [6.07, 6.45) is -3.40. The smallest absolute Gasteiger partial charge is 0.302 e. The van der Waals surface area contributed by atoms with Crippen molar-refractivity contribution in [2.75, 3.05) is 13.2 Å². The van der Waals surface area contributed by atoms with Crippen molar-refractivity contribution in [3.63, 3.8) is 0 Å². The third kappa shape index (κ3) is 10.9. The lowest BCUT2D eigenvalue weighted by Gasteiger charge is -2.40.